The number of carbonyl (C=O) groups is 1. The molecule has 1 aliphatic heterocycles. The van der Waals surface area contributed by atoms with Crippen LogP contribution in [0.1, 0.15) is 25.8 Å². The van der Waals surface area contributed by atoms with E-state index in [1.807, 2.05) is 28.6 Å². The second kappa shape index (κ2) is 7.60. The van der Waals surface area contributed by atoms with Gasteiger partial charge in [0.05, 0.1) is 5.75 Å². The number of likely N-dealkylation sites (tertiary alicyclic amines) is 1. The minimum absolute atomic E-state index is 0.198. The Hall–Kier alpha value is -1.82. The first-order chi connectivity index (χ1) is 12.0. The topological polar surface area (TPSA) is 51.0 Å². The van der Waals surface area contributed by atoms with Gasteiger partial charge in [-0.15, -0.1) is 10.2 Å². The van der Waals surface area contributed by atoms with E-state index in [9.17, 15) is 4.79 Å². The van der Waals surface area contributed by atoms with Crippen molar-refractivity contribution in [1.82, 2.24) is 19.7 Å². The number of rotatable bonds is 4. The third kappa shape index (κ3) is 4.06. The molecule has 0 saturated carbocycles. The number of piperidine rings is 1. The Balaban J connectivity index is 1.66. The molecule has 0 unspecified atom stereocenters. The second-order valence-electron chi connectivity index (χ2n) is 7.21. The van der Waals surface area contributed by atoms with Gasteiger partial charge in [0, 0.05) is 25.7 Å². The molecular weight excluding hydrogens is 332 g/mol. The molecule has 0 aliphatic carbocycles. The van der Waals surface area contributed by atoms with E-state index in [0.29, 0.717) is 17.6 Å². The van der Waals surface area contributed by atoms with E-state index in [-0.39, 0.29) is 5.91 Å². The molecule has 0 bridgehead atoms. The fraction of sp³-hybridized carbons (Fsp3) is 0.526. The van der Waals surface area contributed by atoms with Crippen LogP contribution in [-0.2, 0) is 11.8 Å². The summed E-state index contributed by atoms with van der Waals surface area (Å²) in [6.45, 7) is 8.26. The highest BCUT2D eigenvalue weighted by Gasteiger charge is 2.25. The van der Waals surface area contributed by atoms with Crippen LogP contribution in [-0.4, -0.2) is 44.4 Å². The monoisotopic (exact) mass is 358 g/mol. The molecule has 2 aromatic rings. The lowest BCUT2D eigenvalue weighted by molar-refractivity contribution is -0.130. The summed E-state index contributed by atoms with van der Waals surface area (Å²) in [7, 11) is 1.96. The van der Waals surface area contributed by atoms with Gasteiger partial charge in [-0.3, -0.25) is 4.79 Å². The van der Waals surface area contributed by atoms with Gasteiger partial charge >= 0.3 is 0 Å². The number of aryl methyl sites for hydroxylation is 1. The zero-order valence-corrected chi connectivity index (χ0v) is 16.2. The maximum atomic E-state index is 12.6. The molecule has 25 heavy (non-hydrogen) atoms. The Kier molecular flexibility index (Phi) is 5.47. The van der Waals surface area contributed by atoms with Crippen LogP contribution in [0.2, 0.25) is 0 Å². The fourth-order valence-corrected chi connectivity index (χ4v) is 4.40. The third-order valence-corrected chi connectivity index (χ3v) is 5.77. The first kappa shape index (κ1) is 18.0. The molecular formula is C19H26N4OS. The van der Waals surface area contributed by atoms with Crippen molar-refractivity contribution in [1.29, 1.82) is 0 Å². The number of carbonyl (C=O) groups excluding carboxylic acids is 1. The van der Waals surface area contributed by atoms with E-state index in [2.05, 4.69) is 43.1 Å². The molecule has 6 heteroatoms. The average molecular weight is 359 g/mol. The van der Waals surface area contributed by atoms with Crippen LogP contribution in [0.3, 0.4) is 0 Å². The van der Waals surface area contributed by atoms with E-state index in [0.717, 1.165) is 29.6 Å². The van der Waals surface area contributed by atoms with Crippen LogP contribution in [0.4, 0.5) is 0 Å². The summed E-state index contributed by atoms with van der Waals surface area (Å²) in [4.78, 5) is 14.6. The van der Waals surface area contributed by atoms with Gasteiger partial charge in [-0.1, -0.05) is 49.9 Å². The van der Waals surface area contributed by atoms with Gasteiger partial charge in [0.25, 0.3) is 0 Å². The Morgan fingerprint density at radius 2 is 1.88 bits per heavy atom. The molecule has 1 aromatic heterocycles. The van der Waals surface area contributed by atoms with Crippen LogP contribution in [0, 0.1) is 18.8 Å². The number of nitrogens with zero attached hydrogens (tertiary/aromatic N) is 4. The van der Waals surface area contributed by atoms with Crippen molar-refractivity contribution < 1.29 is 4.79 Å². The van der Waals surface area contributed by atoms with E-state index in [1.165, 1.54) is 23.7 Å². The molecule has 2 heterocycles. The van der Waals surface area contributed by atoms with Gasteiger partial charge in [0.15, 0.2) is 11.0 Å². The highest BCUT2D eigenvalue weighted by molar-refractivity contribution is 7.99. The molecule has 0 N–H and O–H groups in total. The molecule has 0 spiro atoms. The van der Waals surface area contributed by atoms with Gasteiger partial charge < -0.3 is 9.47 Å². The van der Waals surface area contributed by atoms with Crippen LogP contribution < -0.4 is 0 Å². The van der Waals surface area contributed by atoms with E-state index < -0.39 is 0 Å². The lowest BCUT2D eigenvalue weighted by atomic mass is 9.92. The normalized spacial score (nSPS) is 20.7. The zero-order chi connectivity index (χ0) is 18.0. The summed E-state index contributed by atoms with van der Waals surface area (Å²) in [6, 6.07) is 8.14. The number of hydrogen-bond acceptors (Lipinski definition) is 4. The third-order valence-electron chi connectivity index (χ3n) is 4.77. The Morgan fingerprint density at radius 1 is 1.20 bits per heavy atom. The van der Waals surface area contributed by atoms with Gasteiger partial charge in [-0.05, 0) is 30.7 Å². The van der Waals surface area contributed by atoms with Crippen LogP contribution in [0.5, 0.6) is 0 Å². The standard InChI is InChI=1S/C19H26N4OS/c1-13-9-14(2)11-23(10-13)17(24)12-25-19-21-20-18(22(19)4)16-8-6-5-7-15(16)3/h5-8,13-14H,9-12H2,1-4H3/t13-,14-/m0/s1. The molecule has 3 rings (SSSR count). The average Bonchev–Trinajstić information content (AvgIpc) is 2.93. The number of amides is 1. The molecule has 1 saturated heterocycles. The number of hydrogen-bond donors (Lipinski definition) is 0. The predicted molar refractivity (Wildman–Crippen MR) is 101 cm³/mol. The maximum absolute atomic E-state index is 12.6. The largest absolute Gasteiger partial charge is 0.341 e. The quantitative estimate of drug-likeness (QED) is 0.786. The lowest BCUT2D eigenvalue weighted by Crippen LogP contribution is -2.43. The van der Waals surface area contributed by atoms with Gasteiger partial charge in [0.2, 0.25) is 5.91 Å². The molecule has 134 valence electrons. The molecule has 1 fully saturated rings. The summed E-state index contributed by atoms with van der Waals surface area (Å²) in [6.07, 6.45) is 1.21. The van der Waals surface area contributed by atoms with Crippen molar-refractivity contribution in [2.24, 2.45) is 18.9 Å². The SMILES string of the molecule is Cc1ccccc1-c1nnc(SCC(=O)N2C[C@@H](C)C[C@H](C)C2)n1C. The molecule has 1 aromatic carbocycles. The number of thioether (sulfide) groups is 1. The van der Waals surface area contributed by atoms with Crippen LogP contribution >= 0.6 is 11.8 Å². The van der Waals surface area contributed by atoms with Crippen molar-refractivity contribution >= 4 is 17.7 Å². The Labute approximate surface area is 153 Å². The summed E-state index contributed by atoms with van der Waals surface area (Å²) in [5, 5.41) is 9.40. The second-order valence-corrected chi connectivity index (χ2v) is 8.16. The molecule has 5 nitrogen and oxygen atoms in total. The zero-order valence-electron chi connectivity index (χ0n) is 15.4. The lowest BCUT2D eigenvalue weighted by Gasteiger charge is -2.34. The summed E-state index contributed by atoms with van der Waals surface area (Å²) >= 11 is 1.47. The first-order valence-electron chi connectivity index (χ1n) is 8.81. The van der Waals surface area contributed by atoms with Crippen molar-refractivity contribution in [3.05, 3.63) is 29.8 Å². The minimum atomic E-state index is 0.198. The smallest absolute Gasteiger partial charge is 0.233 e. The van der Waals surface area contributed by atoms with Crippen molar-refractivity contribution in [3.63, 3.8) is 0 Å². The summed E-state index contributed by atoms with van der Waals surface area (Å²) in [5.41, 5.74) is 2.25. The highest BCUT2D eigenvalue weighted by Crippen LogP contribution is 2.26. The van der Waals surface area contributed by atoms with Crippen molar-refractivity contribution in [2.75, 3.05) is 18.8 Å². The maximum Gasteiger partial charge on any atom is 0.233 e. The summed E-state index contributed by atoms with van der Waals surface area (Å²) < 4.78 is 1.97. The summed E-state index contributed by atoms with van der Waals surface area (Å²) in [5.74, 6) is 2.62. The number of aromatic nitrogens is 3. The van der Waals surface area contributed by atoms with Crippen molar-refractivity contribution in [2.45, 2.75) is 32.3 Å². The van der Waals surface area contributed by atoms with Gasteiger partial charge in [-0.2, -0.15) is 0 Å². The van der Waals surface area contributed by atoms with E-state index in [1.54, 1.807) is 0 Å². The van der Waals surface area contributed by atoms with Crippen LogP contribution in [0.15, 0.2) is 29.4 Å². The van der Waals surface area contributed by atoms with Crippen molar-refractivity contribution in [3.8, 4) is 11.4 Å². The van der Waals surface area contributed by atoms with E-state index in [4.69, 9.17) is 0 Å². The highest BCUT2D eigenvalue weighted by atomic mass is 32.2. The Morgan fingerprint density at radius 3 is 2.56 bits per heavy atom. The first-order valence-corrected chi connectivity index (χ1v) is 9.80. The van der Waals surface area contributed by atoms with E-state index >= 15 is 0 Å². The number of benzene rings is 1. The molecule has 0 radical (unpaired) electrons. The predicted octanol–water partition coefficient (Wildman–Crippen LogP) is 3.39. The minimum Gasteiger partial charge on any atom is -0.341 e. The van der Waals surface area contributed by atoms with Crippen LogP contribution in [0.25, 0.3) is 11.4 Å². The molecule has 2 atom stereocenters. The van der Waals surface area contributed by atoms with Gasteiger partial charge in [-0.25, -0.2) is 0 Å². The molecule has 1 amide bonds. The fourth-order valence-electron chi connectivity index (χ4n) is 3.58. The van der Waals surface area contributed by atoms with Gasteiger partial charge in [0.1, 0.15) is 0 Å². The Bertz CT molecular complexity index is 748. The molecule has 1 aliphatic rings.